The van der Waals surface area contributed by atoms with E-state index in [1.54, 1.807) is 6.07 Å². The quantitative estimate of drug-likeness (QED) is 0.326. The van der Waals surface area contributed by atoms with Crippen LogP contribution in [-0.4, -0.2) is 11.9 Å². The molecule has 1 aliphatic heterocycles. The highest BCUT2D eigenvalue weighted by Crippen LogP contribution is 2.13. The zero-order chi connectivity index (χ0) is 6.85. The van der Waals surface area contributed by atoms with Gasteiger partial charge in [0.2, 0.25) is 0 Å². The third-order valence-corrected chi connectivity index (χ3v) is 1.03. The van der Waals surface area contributed by atoms with E-state index in [0.29, 0.717) is 0 Å². The van der Waals surface area contributed by atoms with E-state index in [9.17, 15) is 9.59 Å². The van der Waals surface area contributed by atoms with Crippen molar-refractivity contribution >= 4 is 11.9 Å². The molecule has 0 unspecified atom stereocenters. The van der Waals surface area contributed by atoms with E-state index in [-0.39, 0.29) is 6.42 Å². The fourth-order valence-electron chi connectivity index (χ4n) is 0.573. The number of rotatable bonds is 0. The first kappa shape index (κ1) is 5.76. The van der Waals surface area contributed by atoms with Gasteiger partial charge in [-0.05, 0) is 0 Å². The predicted molar refractivity (Wildman–Crippen MR) is 24.8 cm³/mol. The van der Waals surface area contributed by atoms with Gasteiger partial charge in [-0.2, -0.15) is 5.26 Å². The molecule has 0 radical (unpaired) electrons. The maximum atomic E-state index is 10.4. The summed E-state index contributed by atoms with van der Waals surface area (Å²) in [5.74, 6) is -2.19. The van der Waals surface area contributed by atoms with Gasteiger partial charge < -0.3 is 4.74 Å². The topological polar surface area (TPSA) is 67.2 Å². The summed E-state index contributed by atoms with van der Waals surface area (Å²) in [6, 6.07) is 1.65. The molecule has 0 N–H and O–H groups in total. The van der Waals surface area contributed by atoms with Crippen molar-refractivity contribution < 1.29 is 14.3 Å². The van der Waals surface area contributed by atoms with Crippen molar-refractivity contribution in [2.45, 2.75) is 6.42 Å². The third kappa shape index (κ3) is 0.891. The van der Waals surface area contributed by atoms with Crippen LogP contribution in [0.1, 0.15) is 6.42 Å². The third-order valence-electron chi connectivity index (χ3n) is 1.03. The molecule has 4 heteroatoms. The van der Waals surface area contributed by atoms with Crippen molar-refractivity contribution in [3.8, 4) is 6.07 Å². The van der Waals surface area contributed by atoms with Crippen LogP contribution in [0.25, 0.3) is 0 Å². The van der Waals surface area contributed by atoms with Crippen LogP contribution < -0.4 is 0 Å². The van der Waals surface area contributed by atoms with Gasteiger partial charge in [0.15, 0.2) is 5.92 Å². The van der Waals surface area contributed by atoms with Crippen molar-refractivity contribution in [2.24, 2.45) is 5.92 Å². The molecule has 1 heterocycles. The van der Waals surface area contributed by atoms with E-state index < -0.39 is 17.9 Å². The van der Waals surface area contributed by atoms with Gasteiger partial charge in [-0.1, -0.05) is 0 Å². The smallest absolute Gasteiger partial charge is 0.331 e. The number of nitrogens with zero attached hydrogens (tertiary/aromatic N) is 1. The van der Waals surface area contributed by atoms with Crippen LogP contribution in [0.15, 0.2) is 0 Å². The summed E-state index contributed by atoms with van der Waals surface area (Å²) in [5.41, 5.74) is 0. The maximum absolute atomic E-state index is 10.4. The van der Waals surface area contributed by atoms with E-state index in [1.807, 2.05) is 0 Å². The Hall–Kier alpha value is -1.37. The van der Waals surface area contributed by atoms with Gasteiger partial charge in [0, 0.05) is 0 Å². The zero-order valence-electron chi connectivity index (χ0n) is 4.46. The van der Waals surface area contributed by atoms with Crippen molar-refractivity contribution in [1.82, 2.24) is 0 Å². The number of nitriles is 1. The molecule has 1 aliphatic rings. The maximum Gasteiger partial charge on any atom is 0.331 e. The van der Waals surface area contributed by atoms with Gasteiger partial charge in [-0.25, -0.2) is 0 Å². The lowest BCUT2D eigenvalue weighted by atomic mass is 10.1. The molecular formula is C5H3NO3. The molecule has 0 aromatic carbocycles. The minimum atomic E-state index is -0.863. The van der Waals surface area contributed by atoms with Crippen molar-refractivity contribution in [1.29, 1.82) is 5.26 Å². The minimum absolute atomic E-state index is 0.0880. The second-order valence-electron chi connectivity index (χ2n) is 1.68. The predicted octanol–water partition coefficient (Wildman–Crippen LogP) is -0.400. The number of esters is 2. The van der Waals surface area contributed by atoms with E-state index in [2.05, 4.69) is 4.74 Å². The number of cyclic esters (lactones) is 2. The van der Waals surface area contributed by atoms with Gasteiger partial charge in [0.25, 0.3) is 0 Å². The molecular weight excluding hydrogens is 122 g/mol. The van der Waals surface area contributed by atoms with Crippen molar-refractivity contribution in [3.63, 3.8) is 0 Å². The highest BCUT2D eigenvalue weighted by Gasteiger charge is 2.32. The summed E-state index contributed by atoms with van der Waals surface area (Å²) < 4.78 is 4.06. The second-order valence-corrected chi connectivity index (χ2v) is 1.68. The number of ether oxygens (including phenoxy) is 1. The SMILES string of the molecule is N#C[C@@H]1CC(=O)OC1=O. The van der Waals surface area contributed by atoms with Gasteiger partial charge in [0.1, 0.15) is 0 Å². The Bertz CT molecular complexity index is 203. The molecule has 0 bridgehead atoms. The van der Waals surface area contributed by atoms with E-state index >= 15 is 0 Å². The molecule has 1 rings (SSSR count). The zero-order valence-corrected chi connectivity index (χ0v) is 4.46. The van der Waals surface area contributed by atoms with Crippen LogP contribution >= 0.6 is 0 Å². The summed E-state index contributed by atoms with van der Waals surface area (Å²) in [6.07, 6.45) is -0.0880. The average molecular weight is 125 g/mol. The largest absolute Gasteiger partial charge is 0.392 e. The van der Waals surface area contributed by atoms with Crippen LogP contribution in [0.3, 0.4) is 0 Å². The fraction of sp³-hybridized carbons (Fsp3) is 0.400. The molecule has 1 fully saturated rings. The highest BCUT2D eigenvalue weighted by atomic mass is 16.6. The van der Waals surface area contributed by atoms with Gasteiger partial charge in [0.05, 0.1) is 12.5 Å². The molecule has 1 saturated heterocycles. The molecule has 0 amide bonds. The normalized spacial score (nSPS) is 25.4. The Morgan fingerprint density at radius 2 is 2.33 bits per heavy atom. The molecule has 0 spiro atoms. The Labute approximate surface area is 51.0 Å². The van der Waals surface area contributed by atoms with Crippen LogP contribution in [0.4, 0.5) is 0 Å². The van der Waals surface area contributed by atoms with Gasteiger partial charge in [-0.15, -0.1) is 0 Å². The fourth-order valence-corrected chi connectivity index (χ4v) is 0.573. The molecule has 0 saturated carbocycles. The molecule has 4 nitrogen and oxygen atoms in total. The lowest BCUT2D eigenvalue weighted by Gasteiger charge is -1.84. The number of carbonyl (C=O) groups excluding carboxylic acids is 2. The average Bonchev–Trinajstić information content (AvgIpc) is 2.10. The lowest BCUT2D eigenvalue weighted by Crippen LogP contribution is -2.03. The summed E-state index contributed by atoms with van der Waals surface area (Å²) >= 11 is 0. The van der Waals surface area contributed by atoms with Crippen LogP contribution in [0, 0.1) is 17.2 Å². The number of hydrogen-bond acceptors (Lipinski definition) is 4. The molecule has 9 heavy (non-hydrogen) atoms. The lowest BCUT2D eigenvalue weighted by molar-refractivity contribution is -0.152. The first-order valence-electron chi connectivity index (χ1n) is 2.38. The molecule has 0 aliphatic carbocycles. The van der Waals surface area contributed by atoms with Crippen molar-refractivity contribution in [2.75, 3.05) is 0 Å². The standard InChI is InChI=1S/C5H3NO3/c6-2-3-1-4(7)9-5(3)8/h3H,1H2/t3-/m0/s1. The first-order chi connectivity index (χ1) is 4.24. The Kier molecular flexibility index (Phi) is 1.19. The second kappa shape index (κ2) is 1.86. The summed E-state index contributed by atoms with van der Waals surface area (Å²) in [4.78, 5) is 20.6. The van der Waals surface area contributed by atoms with Crippen LogP contribution in [0.2, 0.25) is 0 Å². The van der Waals surface area contributed by atoms with E-state index in [0.717, 1.165) is 0 Å². The number of hydrogen-bond donors (Lipinski definition) is 0. The first-order valence-corrected chi connectivity index (χ1v) is 2.38. The highest BCUT2D eigenvalue weighted by molar-refractivity contribution is 5.96. The van der Waals surface area contributed by atoms with Crippen molar-refractivity contribution in [3.05, 3.63) is 0 Å². The molecule has 0 aromatic heterocycles. The minimum Gasteiger partial charge on any atom is -0.392 e. The Morgan fingerprint density at radius 1 is 1.67 bits per heavy atom. The molecule has 1 atom stereocenters. The van der Waals surface area contributed by atoms with E-state index in [1.165, 1.54) is 0 Å². The Balaban J connectivity index is 2.72. The van der Waals surface area contributed by atoms with Gasteiger partial charge >= 0.3 is 11.9 Å². The Morgan fingerprint density at radius 3 is 2.56 bits per heavy atom. The summed E-state index contributed by atoms with van der Waals surface area (Å²) in [5, 5.41) is 8.15. The molecule has 46 valence electrons. The van der Waals surface area contributed by atoms with E-state index in [4.69, 9.17) is 5.26 Å². The van der Waals surface area contributed by atoms with Gasteiger partial charge in [-0.3, -0.25) is 9.59 Å². The summed E-state index contributed by atoms with van der Waals surface area (Å²) in [7, 11) is 0. The summed E-state index contributed by atoms with van der Waals surface area (Å²) in [6.45, 7) is 0. The van der Waals surface area contributed by atoms with Crippen LogP contribution in [0.5, 0.6) is 0 Å². The number of carbonyl (C=O) groups is 2. The monoisotopic (exact) mass is 125 g/mol. The van der Waals surface area contributed by atoms with Crippen LogP contribution in [-0.2, 0) is 14.3 Å². The molecule has 0 aromatic rings.